The summed E-state index contributed by atoms with van der Waals surface area (Å²) in [4.78, 5) is 23.3. The molecule has 8 heteroatoms. The summed E-state index contributed by atoms with van der Waals surface area (Å²) in [6, 6.07) is 16.4. The van der Waals surface area contributed by atoms with Crippen molar-refractivity contribution in [2.45, 2.75) is 25.4 Å². The SMILES string of the molecule is Cn1ccc(NC(=O)C2(C)CN(Cc3ccccc3)Cc3ccc(N4CCOCC4)nc32)n1. The van der Waals surface area contributed by atoms with Gasteiger partial charge in [0.1, 0.15) is 11.2 Å². The fraction of sp³-hybridized carbons (Fsp3) is 0.400. The van der Waals surface area contributed by atoms with Crippen molar-refractivity contribution in [1.29, 1.82) is 0 Å². The Morgan fingerprint density at radius 1 is 1.12 bits per heavy atom. The zero-order valence-corrected chi connectivity index (χ0v) is 19.2. The Morgan fingerprint density at radius 2 is 1.91 bits per heavy atom. The summed E-state index contributed by atoms with van der Waals surface area (Å²) in [6.07, 6.45) is 1.82. The molecule has 1 fully saturated rings. The van der Waals surface area contributed by atoms with E-state index in [1.165, 1.54) is 5.56 Å². The molecule has 0 radical (unpaired) electrons. The monoisotopic (exact) mass is 446 g/mol. The lowest BCUT2D eigenvalue weighted by atomic mass is 9.79. The van der Waals surface area contributed by atoms with Gasteiger partial charge in [-0.2, -0.15) is 5.10 Å². The van der Waals surface area contributed by atoms with Crippen molar-refractivity contribution in [3.8, 4) is 0 Å². The van der Waals surface area contributed by atoms with E-state index in [-0.39, 0.29) is 5.91 Å². The van der Waals surface area contributed by atoms with Crippen LogP contribution in [0.3, 0.4) is 0 Å². The molecule has 0 bridgehead atoms. The quantitative estimate of drug-likeness (QED) is 0.649. The van der Waals surface area contributed by atoms with Gasteiger partial charge in [0.15, 0.2) is 5.82 Å². The number of aryl methyl sites for hydroxylation is 1. The van der Waals surface area contributed by atoms with Gasteiger partial charge in [-0.25, -0.2) is 4.98 Å². The van der Waals surface area contributed by atoms with Crippen molar-refractivity contribution in [2.24, 2.45) is 7.05 Å². The molecule has 1 unspecified atom stereocenters. The smallest absolute Gasteiger partial charge is 0.238 e. The number of pyridine rings is 1. The minimum atomic E-state index is -0.817. The van der Waals surface area contributed by atoms with Crippen LogP contribution in [0.1, 0.15) is 23.7 Å². The highest BCUT2D eigenvalue weighted by Gasteiger charge is 2.44. The third kappa shape index (κ3) is 4.49. The predicted molar refractivity (Wildman–Crippen MR) is 127 cm³/mol. The number of morpholine rings is 1. The van der Waals surface area contributed by atoms with Gasteiger partial charge in [0.2, 0.25) is 5.91 Å². The fourth-order valence-electron chi connectivity index (χ4n) is 4.74. The maximum absolute atomic E-state index is 13.7. The Hall–Kier alpha value is -3.23. The van der Waals surface area contributed by atoms with Crippen molar-refractivity contribution in [1.82, 2.24) is 19.7 Å². The molecule has 8 nitrogen and oxygen atoms in total. The van der Waals surface area contributed by atoms with Crippen molar-refractivity contribution in [3.05, 3.63) is 71.5 Å². The summed E-state index contributed by atoms with van der Waals surface area (Å²) in [7, 11) is 1.84. The second-order valence-corrected chi connectivity index (χ2v) is 9.07. The van der Waals surface area contributed by atoms with Crippen molar-refractivity contribution < 1.29 is 9.53 Å². The number of benzene rings is 1. The first-order valence-electron chi connectivity index (χ1n) is 11.4. The molecule has 0 saturated carbocycles. The van der Waals surface area contributed by atoms with Crippen LogP contribution >= 0.6 is 0 Å². The third-order valence-electron chi connectivity index (χ3n) is 6.46. The molecule has 3 aromatic rings. The fourth-order valence-corrected chi connectivity index (χ4v) is 4.74. The maximum Gasteiger partial charge on any atom is 0.238 e. The zero-order chi connectivity index (χ0) is 22.8. The van der Waals surface area contributed by atoms with Gasteiger partial charge < -0.3 is 15.0 Å². The molecule has 0 spiro atoms. The summed E-state index contributed by atoms with van der Waals surface area (Å²) < 4.78 is 7.19. The molecule has 1 aromatic carbocycles. The molecule has 2 aromatic heterocycles. The maximum atomic E-state index is 13.7. The van der Waals surface area contributed by atoms with Gasteiger partial charge in [-0.05, 0) is 24.1 Å². The highest BCUT2D eigenvalue weighted by atomic mass is 16.5. The van der Waals surface area contributed by atoms with Crippen LogP contribution in [0.2, 0.25) is 0 Å². The van der Waals surface area contributed by atoms with Crippen LogP contribution in [0.5, 0.6) is 0 Å². The first kappa shape index (κ1) is 21.6. The van der Waals surface area contributed by atoms with E-state index >= 15 is 0 Å². The van der Waals surface area contributed by atoms with Gasteiger partial charge in [0.05, 0.1) is 18.9 Å². The summed E-state index contributed by atoms with van der Waals surface area (Å²) in [5, 5.41) is 7.37. The largest absolute Gasteiger partial charge is 0.378 e. The molecule has 5 rings (SSSR count). The summed E-state index contributed by atoms with van der Waals surface area (Å²) in [5.74, 6) is 1.37. The van der Waals surface area contributed by atoms with E-state index in [1.807, 2.05) is 32.3 Å². The first-order valence-corrected chi connectivity index (χ1v) is 11.4. The molecule has 33 heavy (non-hydrogen) atoms. The Labute approximate surface area is 194 Å². The average molecular weight is 447 g/mol. The predicted octanol–water partition coefficient (Wildman–Crippen LogP) is 2.56. The molecule has 172 valence electrons. The number of aromatic nitrogens is 3. The van der Waals surface area contributed by atoms with Crippen molar-refractivity contribution >= 4 is 17.5 Å². The Kier molecular flexibility index (Phi) is 5.86. The van der Waals surface area contributed by atoms with Gasteiger partial charge in [0, 0.05) is 52.0 Å². The molecule has 1 atom stereocenters. The lowest BCUT2D eigenvalue weighted by Gasteiger charge is -2.40. The first-order chi connectivity index (χ1) is 16.0. The van der Waals surface area contributed by atoms with Crippen LogP contribution in [0.25, 0.3) is 0 Å². The number of amides is 1. The van der Waals surface area contributed by atoms with Crippen LogP contribution in [-0.4, -0.2) is 58.4 Å². The van der Waals surface area contributed by atoms with Gasteiger partial charge in [0.25, 0.3) is 0 Å². The number of hydrogen-bond donors (Lipinski definition) is 1. The van der Waals surface area contributed by atoms with E-state index < -0.39 is 5.41 Å². The zero-order valence-electron chi connectivity index (χ0n) is 19.2. The van der Waals surface area contributed by atoms with Gasteiger partial charge in [-0.15, -0.1) is 0 Å². The molecular formula is C25H30N6O2. The molecule has 1 amide bonds. The number of fused-ring (bicyclic) bond motifs is 1. The van der Waals surface area contributed by atoms with Gasteiger partial charge in [-0.1, -0.05) is 36.4 Å². The van der Waals surface area contributed by atoms with Crippen molar-refractivity contribution in [3.63, 3.8) is 0 Å². The summed E-state index contributed by atoms with van der Waals surface area (Å²) in [6.45, 7) is 7.11. The van der Waals surface area contributed by atoms with Gasteiger partial charge >= 0.3 is 0 Å². The number of anilines is 2. The second kappa shape index (κ2) is 8.96. The van der Waals surface area contributed by atoms with E-state index in [9.17, 15) is 4.79 Å². The highest BCUT2D eigenvalue weighted by Crippen LogP contribution is 2.35. The molecule has 1 saturated heterocycles. The van der Waals surface area contributed by atoms with E-state index in [1.54, 1.807) is 4.68 Å². The van der Waals surface area contributed by atoms with Crippen LogP contribution in [0.15, 0.2) is 54.7 Å². The van der Waals surface area contributed by atoms with Crippen LogP contribution < -0.4 is 10.2 Å². The highest BCUT2D eigenvalue weighted by molar-refractivity contribution is 5.98. The minimum absolute atomic E-state index is 0.0909. The normalized spacial score (nSPS) is 21.0. The van der Waals surface area contributed by atoms with Crippen LogP contribution in [0, 0.1) is 0 Å². The Balaban J connectivity index is 1.48. The molecular weight excluding hydrogens is 416 g/mol. The number of ether oxygens (including phenoxy) is 1. The lowest BCUT2D eigenvalue weighted by molar-refractivity contribution is -0.122. The molecule has 0 aliphatic carbocycles. The number of carbonyl (C=O) groups excluding carboxylic acids is 1. The number of rotatable bonds is 5. The molecule has 4 heterocycles. The van der Waals surface area contributed by atoms with Crippen LogP contribution in [0.4, 0.5) is 11.6 Å². The standard InChI is InChI=1S/C25H30N6O2/c1-25(24(32)26-21-10-11-29(2)28-21)18-30(16-19-6-4-3-5-7-19)17-20-8-9-22(27-23(20)25)31-12-14-33-15-13-31/h3-11H,12-18H2,1-2H3,(H,26,28,32). The summed E-state index contributed by atoms with van der Waals surface area (Å²) in [5.41, 5.74) is 2.35. The van der Waals surface area contributed by atoms with E-state index in [0.717, 1.165) is 43.3 Å². The third-order valence-corrected chi connectivity index (χ3v) is 6.46. The van der Waals surface area contributed by atoms with E-state index in [4.69, 9.17) is 9.72 Å². The van der Waals surface area contributed by atoms with E-state index in [2.05, 4.69) is 56.6 Å². The number of nitrogens with zero attached hydrogens (tertiary/aromatic N) is 5. The van der Waals surface area contributed by atoms with E-state index in [0.29, 0.717) is 25.6 Å². The topological polar surface area (TPSA) is 75.5 Å². The number of nitrogens with one attached hydrogen (secondary N) is 1. The Bertz CT molecular complexity index is 1120. The molecule has 2 aliphatic heterocycles. The summed E-state index contributed by atoms with van der Waals surface area (Å²) >= 11 is 0. The number of carbonyl (C=O) groups is 1. The second-order valence-electron chi connectivity index (χ2n) is 9.07. The molecule has 2 aliphatic rings. The average Bonchev–Trinajstić information content (AvgIpc) is 3.24. The molecule has 1 N–H and O–H groups in total. The van der Waals surface area contributed by atoms with Crippen molar-refractivity contribution in [2.75, 3.05) is 43.1 Å². The minimum Gasteiger partial charge on any atom is -0.378 e. The van der Waals surface area contributed by atoms with Crippen LogP contribution in [-0.2, 0) is 35.1 Å². The van der Waals surface area contributed by atoms with Gasteiger partial charge in [-0.3, -0.25) is 14.4 Å². The lowest BCUT2D eigenvalue weighted by Crippen LogP contribution is -2.51. The number of hydrogen-bond acceptors (Lipinski definition) is 6. The Morgan fingerprint density at radius 3 is 2.64 bits per heavy atom.